The van der Waals surface area contributed by atoms with E-state index in [1.54, 1.807) is 18.4 Å². The predicted molar refractivity (Wildman–Crippen MR) is 87.0 cm³/mol. The van der Waals surface area contributed by atoms with Gasteiger partial charge < -0.3 is 10.1 Å². The van der Waals surface area contributed by atoms with Crippen LogP contribution in [0.15, 0.2) is 11.1 Å². The van der Waals surface area contributed by atoms with Gasteiger partial charge in [-0.25, -0.2) is 18.9 Å². The smallest absolute Gasteiger partial charge is 0.352 e. The second-order valence-electron chi connectivity index (χ2n) is 5.18. The first-order chi connectivity index (χ1) is 11.0. The molecule has 0 aliphatic rings. The second kappa shape index (κ2) is 6.09. The lowest BCUT2D eigenvalue weighted by Gasteiger charge is -2.03. The molecule has 0 bridgehead atoms. The summed E-state index contributed by atoms with van der Waals surface area (Å²) in [7, 11) is 1.56. The SMILES string of the molecule is COCCNC(=O)Cn1nc2c3c(C)c(C)sc3ncn2c1=O. The third-order valence-electron chi connectivity index (χ3n) is 3.67. The maximum Gasteiger partial charge on any atom is 0.352 e. The van der Waals surface area contributed by atoms with Gasteiger partial charge in [-0.3, -0.25) is 4.79 Å². The summed E-state index contributed by atoms with van der Waals surface area (Å²) in [6.45, 7) is 4.68. The van der Waals surface area contributed by atoms with E-state index in [1.165, 1.54) is 10.7 Å². The van der Waals surface area contributed by atoms with Gasteiger partial charge in [0.2, 0.25) is 5.91 Å². The van der Waals surface area contributed by atoms with Crippen molar-refractivity contribution < 1.29 is 9.53 Å². The van der Waals surface area contributed by atoms with Crippen molar-refractivity contribution in [3.05, 3.63) is 27.3 Å². The first-order valence-corrected chi connectivity index (χ1v) is 7.94. The number of hydrogen-bond acceptors (Lipinski definition) is 6. The molecule has 9 heteroatoms. The predicted octanol–water partition coefficient (Wildman–Crippen LogP) is 0.485. The van der Waals surface area contributed by atoms with E-state index < -0.39 is 0 Å². The molecule has 122 valence electrons. The first kappa shape index (κ1) is 15.6. The Morgan fingerprint density at radius 2 is 2.22 bits per heavy atom. The number of nitrogens with zero attached hydrogens (tertiary/aromatic N) is 4. The van der Waals surface area contributed by atoms with Crippen molar-refractivity contribution in [3.8, 4) is 0 Å². The fraction of sp³-hybridized carbons (Fsp3) is 0.429. The highest BCUT2D eigenvalue weighted by Gasteiger charge is 2.16. The van der Waals surface area contributed by atoms with Gasteiger partial charge in [0, 0.05) is 18.5 Å². The normalized spacial score (nSPS) is 11.4. The maximum absolute atomic E-state index is 12.4. The Hall–Kier alpha value is -2.26. The molecule has 1 N–H and O–H groups in total. The molecule has 0 unspecified atom stereocenters. The lowest BCUT2D eigenvalue weighted by atomic mass is 10.2. The van der Waals surface area contributed by atoms with E-state index in [0.717, 1.165) is 25.3 Å². The molecular formula is C14H17N5O3S. The molecule has 8 nitrogen and oxygen atoms in total. The zero-order chi connectivity index (χ0) is 16.6. The highest BCUT2D eigenvalue weighted by atomic mass is 32.1. The Morgan fingerprint density at radius 3 is 2.96 bits per heavy atom. The molecule has 0 aromatic carbocycles. The number of carbonyl (C=O) groups excluding carboxylic acids is 1. The number of nitrogens with one attached hydrogen (secondary N) is 1. The molecule has 3 aromatic rings. The van der Waals surface area contributed by atoms with Crippen LogP contribution in [0, 0.1) is 13.8 Å². The average molecular weight is 335 g/mol. The van der Waals surface area contributed by atoms with Gasteiger partial charge in [0.15, 0.2) is 5.65 Å². The number of ether oxygens (including phenoxy) is 1. The maximum atomic E-state index is 12.4. The van der Waals surface area contributed by atoms with Crippen LogP contribution < -0.4 is 11.0 Å². The molecular weight excluding hydrogens is 318 g/mol. The number of hydrogen-bond donors (Lipinski definition) is 1. The summed E-state index contributed by atoms with van der Waals surface area (Å²) < 4.78 is 7.40. The number of carbonyl (C=O) groups is 1. The van der Waals surface area contributed by atoms with E-state index in [-0.39, 0.29) is 18.1 Å². The van der Waals surface area contributed by atoms with E-state index in [1.807, 2.05) is 13.8 Å². The molecule has 23 heavy (non-hydrogen) atoms. The number of thiophene rings is 1. The van der Waals surface area contributed by atoms with Crippen molar-refractivity contribution in [2.45, 2.75) is 20.4 Å². The van der Waals surface area contributed by atoms with Gasteiger partial charge in [0.25, 0.3) is 0 Å². The molecule has 0 atom stereocenters. The third kappa shape index (κ3) is 2.73. The lowest BCUT2D eigenvalue weighted by molar-refractivity contribution is -0.122. The van der Waals surface area contributed by atoms with Crippen LogP contribution in [0.1, 0.15) is 10.4 Å². The quantitative estimate of drug-likeness (QED) is 0.685. The van der Waals surface area contributed by atoms with E-state index in [9.17, 15) is 9.59 Å². The summed E-state index contributed by atoms with van der Waals surface area (Å²) in [5, 5.41) is 7.86. The Labute approximate surface area is 135 Å². The number of methoxy groups -OCH3 is 1. The fourth-order valence-corrected chi connectivity index (χ4v) is 3.35. The van der Waals surface area contributed by atoms with Crippen LogP contribution in [0.4, 0.5) is 0 Å². The Bertz CT molecular complexity index is 939. The van der Waals surface area contributed by atoms with Crippen molar-refractivity contribution in [1.29, 1.82) is 0 Å². The highest BCUT2D eigenvalue weighted by molar-refractivity contribution is 7.18. The molecule has 0 saturated carbocycles. The first-order valence-electron chi connectivity index (χ1n) is 7.12. The van der Waals surface area contributed by atoms with Crippen molar-refractivity contribution >= 4 is 33.1 Å². The largest absolute Gasteiger partial charge is 0.383 e. The average Bonchev–Trinajstić information content (AvgIpc) is 2.98. The lowest BCUT2D eigenvalue weighted by Crippen LogP contribution is -2.34. The Balaban J connectivity index is 1.99. The van der Waals surface area contributed by atoms with Crippen LogP contribution in [0.2, 0.25) is 0 Å². The molecule has 3 aromatic heterocycles. The molecule has 0 aliphatic carbocycles. The summed E-state index contributed by atoms with van der Waals surface area (Å²) in [5.74, 6) is -0.282. The van der Waals surface area contributed by atoms with E-state index in [2.05, 4.69) is 15.4 Å². The summed E-state index contributed by atoms with van der Waals surface area (Å²) in [4.78, 5) is 30.5. The van der Waals surface area contributed by atoms with E-state index >= 15 is 0 Å². The molecule has 1 amide bonds. The monoisotopic (exact) mass is 335 g/mol. The molecule has 0 radical (unpaired) electrons. The fourth-order valence-electron chi connectivity index (χ4n) is 2.36. The Morgan fingerprint density at radius 1 is 1.43 bits per heavy atom. The molecule has 0 fully saturated rings. The minimum Gasteiger partial charge on any atom is -0.383 e. The van der Waals surface area contributed by atoms with Crippen molar-refractivity contribution in [2.24, 2.45) is 0 Å². The summed E-state index contributed by atoms with van der Waals surface area (Å²) in [5.41, 5.74) is 1.22. The van der Waals surface area contributed by atoms with Crippen LogP contribution in [-0.4, -0.2) is 45.3 Å². The van der Waals surface area contributed by atoms with Gasteiger partial charge >= 0.3 is 5.69 Å². The van der Waals surface area contributed by atoms with Crippen LogP contribution >= 0.6 is 11.3 Å². The van der Waals surface area contributed by atoms with Crippen LogP contribution in [-0.2, 0) is 16.1 Å². The number of amides is 1. The third-order valence-corrected chi connectivity index (χ3v) is 4.79. The molecule has 0 spiro atoms. The van der Waals surface area contributed by atoms with Crippen molar-refractivity contribution in [3.63, 3.8) is 0 Å². The van der Waals surface area contributed by atoms with Gasteiger partial charge in [-0.05, 0) is 19.4 Å². The standard InChI is InChI=1S/C14H17N5O3S/c1-8-9(2)23-13-11(8)12-17-19(14(21)18(12)7-16-13)6-10(20)15-4-5-22-3/h7H,4-6H2,1-3H3,(H,15,20). The molecule has 3 heterocycles. The summed E-state index contributed by atoms with van der Waals surface area (Å²) >= 11 is 1.57. The van der Waals surface area contributed by atoms with E-state index in [0.29, 0.717) is 18.8 Å². The van der Waals surface area contributed by atoms with E-state index in [4.69, 9.17) is 4.74 Å². The van der Waals surface area contributed by atoms with Gasteiger partial charge in [0.1, 0.15) is 17.7 Å². The zero-order valence-corrected chi connectivity index (χ0v) is 13.9. The van der Waals surface area contributed by atoms with Crippen LogP contribution in [0.5, 0.6) is 0 Å². The van der Waals surface area contributed by atoms with Gasteiger partial charge in [-0.15, -0.1) is 16.4 Å². The Kier molecular flexibility index (Phi) is 4.14. The van der Waals surface area contributed by atoms with Crippen LogP contribution in [0.3, 0.4) is 0 Å². The van der Waals surface area contributed by atoms with Gasteiger partial charge in [-0.1, -0.05) is 0 Å². The minimum absolute atomic E-state index is 0.131. The molecule has 0 saturated heterocycles. The molecule has 0 aliphatic heterocycles. The number of aryl methyl sites for hydroxylation is 2. The topological polar surface area (TPSA) is 90.5 Å². The summed E-state index contributed by atoms with van der Waals surface area (Å²) in [6.07, 6.45) is 1.46. The highest BCUT2D eigenvalue weighted by Crippen LogP contribution is 2.30. The van der Waals surface area contributed by atoms with Crippen molar-refractivity contribution in [1.82, 2.24) is 24.5 Å². The molecule has 3 rings (SSSR count). The number of fused-ring (bicyclic) bond motifs is 3. The van der Waals surface area contributed by atoms with Gasteiger partial charge in [-0.2, -0.15) is 0 Å². The number of aromatic nitrogens is 4. The number of rotatable bonds is 5. The van der Waals surface area contributed by atoms with Crippen molar-refractivity contribution in [2.75, 3.05) is 20.3 Å². The zero-order valence-electron chi connectivity index (χ0n) is 13.1. The summed E-state index contributed by atoms with van der Waals surface area (Å²) in [6, 6.07) is 0. The van der Waals surface area contributed by atoms with Gasteiger partial charge in [0.05, 0.1) is 12.0 Å². The minimum atomic E-state index is -0.375. The second-order valence-corrected chi connectivity index (χ2v) is 6.39. The van der Waals surface area contributed by atoms with Crippen LogP contribution in [0.25, 0.3) is 15.9 Å².